The molecule has 0 aromatic rings. The van der Waals surface area contributed by atoms with Crippen molar-refractivity contribution in [3.63, 3.8) is 0 Å². The molecule has 0 radical (unpaired) electrons. The number of quaternary nitrogens is 1. The Morgan fingerprint density at radius 3 is 2.71 bits per heavy atom. The molecule has 0 aromatic carbocycles. The molecule has 1 saturated carbocycles. The highest BCUT2D eigenvalue weighted by Gasteiger charge is 2.53. The molecule has 3 heteroatoms. The van der Waals surface area contributed by atoms with E-state index in [1.807, 2.05) is 0 Å². The van der Waals surface area contributed by atoms with Crippen LogP contribution in [0.1, 0.15) is 33.1 Å². The van der Waals surface area contributed by atoms with Gasteiger partial charge in [0.05, 0.1) is 6.04 Å². The minimum absolute atomic E-state index is 0.449. The van der Waals surface area contributed by atoms with Crippen LogP contribution in [0.4, 0.5) is 0 Å². The first-order chi connectivity index (χ1) is 8.08. The number of rotatable bonds is 0. The molecular weight excluding hydrogens is 210 g/mol. The Labute approximate surface area is 105 Å². The third-order valence-corrected chi connectivity index (χ3v) is 5.77. The van der Waals surface area contributed by atoms with Crippen LogP contribution in [0.3, 0.4) is 0 Å². The predicted octanol–water partition coefficient (Wildman–Crippen LogP) is 0.219. The van der Waals surface area contributed by atoms with Gasteiger partial charge >= 0.3 is 0 Å². The first-order valence-electron chi connectivity index (χ1n) is 7.38. The Morgan fingerprint density at radius 2 is 1.94 bits per heavy atom. The fourth-order valence-corrected chi connectivity index (χ4v) is 4.93. The lowest BCUT2D eigenvalue weighted by atomic mass is 9.65. The van der Waals surface area contributed by atoms with Crippen molar-refractivity contribution in [2.75, 3.05) is 13.6 Å². The Kier molecular flexibility index (Phi) is 2.96. The van der Waals surface area contributed by atoms with Gasteiger partial charge in [-0.3, -0.25) is 4.90 Å². The molecule has 0 spiro atoms. The minimum Gasteiger partial charge on any atom is -0.328 e. The van der Waals surface area contributed by atoms with Gasteiger partial charge in [-0.2, -0.15) is 0 Å². The topological polar surface area (TPSA) is 45.9 Å². The van der Waals surface area contributed by atoms with E-state index in [1.165, 1.54) is 25.8 Å². The van der Waals surface area contributed by atoms with Crippen molar-refractivity contribution in [2.24, 2.45) is 29.4 Å². The number of nitrogens with two attached hydrogens (primary N) is 2. The summed E-state index contributed by atoms with van der Waals surface area (Å²) in [6.45, 7) is 6.08. The van der Waals surface area contributed by atoms with E-state index in [1.54, 1.807) is 0 Å². The lowest BCUT2D eigenvalue weighted by Gasteiger charge is -2.48. The van der Waals surface area contributed by atoms with Gasteiger partial charge < -0.3 is 11.1 Å². The van der Waals surface area contributed by atoms with Crippen LogP contribution in [-0.2, 0) is 0 Å². The van der Waals surface area contributed by atoms with E-state index in [9.17, 15) is 0 Å². The van der Waals surface area contributed by atoms with Gasteiger partial charge in [0.1, 0.15) is 6.17 Å². The fraction of sp³-hybridized carbons (Fsp3) is 1.00. The summed E-state index contributed by atoms with van der Waals surface area (Å²) < 4.78 is 0. The normalized spacial score (nSPS) is 55.4. The van der Waals surface area contributed by atoms with Gasteiger partial charge in [-0.05, 0) is 32.2 Å². The molecule has 2 saturated heterocycles. The van der Waals surface area contributed by atoms with Gasteiger partial charge in [-0.25, -0.2) is 0 Å². The molecule has 3 fully saturated rings. The standard InChI is InChI=1S/C14H27N3/c1-8-6-9(2)13-11(7-8)12(15)10-4-5-17(3)14(10)16-13/h8-14,16H,4-7,15H2,1-3H3/p+1. The number of fused-ring (bicyclic) bond motifs is 2. The van der Waals surface area contributed by atoms with E-state index in [0.717, 1.165) is 29.7 Å². The molecule has 98 valence electrons. The minimum atomic E-state index is 0.449. The Morgan fingerprint density at radius 1 is 1.18 bits per heavy atom. The summed E-state index contributed by atoms with van der Waals surface area (Å²) >= 11 is 0. The molecule has 17 heavy (non-hydrogen) atoms. The van der Waals surface area contributed by atoms with E-state index in [2.05, 4.69) is 31.1 Å². The van der Waals surface area contributed by atoms with E-state index >= 15 is 0 Å². The van der Waals surface area contributed by atoms with Crippen LogP contribution >= 0.6 is 0 Å². The second-order valence-corrected chi connectivity index (χ2v) is 6.99. The van der Waals surface area contributed by atoms with E-state index in [4.69, 9.17) is 5.73 Å². The van der Waals surface area contributed by atoms with Gasteiger partial charge in [0.2, 0.25) is 0 Å². The molecular formula is C14H28N3+. The summed E-state index contributed by atoms with van der Waals surface area (Å²) in [5.41, 5.74) is 6.61. The summed E-state index contributed by atoms with van der Waals surface area (Å²) in [4.78, 5) is 2.52. The quantitative estimate of drug-likeness (QED) is 0.634. The van der Waals surface area contributed by atoms with Crippen molar-refractivity contribution in [1.29, 1.82) is 0 Å². The molecule has 2 aliphatic heterocycles. The molecule has 0 bridgehead atoms. The fourth-order valence-electron chi connectivity index (χ4n) is 4.93. The summed E-state index contributed by atoms with van der Waals surface area (Å²) in [5, 5.41) is 2.67. The molecule has 0 aromatic heterocycles. The van der Waals surface area contributed by atoms with Crippen LogP contribution in [0.25, 0.3) is 0 Å². The van der Waals surface area contributed by atoms with Crippen molar-refractivity contribution in [3.8, 4) is 0 Å². The van der Waals surface area contributed by atoms with Gasteiger partial charge in [0, 0.05) is 30.3 Å². The molecule has 3 rings (SSSR count). The van der Waals surface area contributed by atoms with Crippen LogP contribution in [0.5, 0.6) is 0 Å². The zero-order valence-electron chi connectivity index (χ0n) is 11.5. The predicted molar refractivity (Wildman–Crippen MR) is 69.3 cm³/mol. The third kappa shape index (κ3) is 1.83. The van der Waals surface area contributed by atoms with E-state index < -0.39 is 0 Å². The van der Waals surface area contributed by atoms with E-state index in [-0.39, 0.29) is 0 Å². The Hall–Kier alpha value is -0.120. The van der Waals surface area contributed by atoms with Gasteiger partial charge in [0.15, 0.2) is 0 Å². The second-order valence-electron chi connectivity index (χ2n) is 6.99. The molecule has 4 N–H and O–H groups in total. The van der Waals surface area contributed by atoms with Crippen molar-refractivity contribution < 1.29 is 5.32 Å². The van der Waals surface area contributed by atoms with Crippen LogP contribution in [0.15, 0.2) is 0 Å². The molecule has 7 atom stereocenters. The molecule has 0 amide bonds. The zero-order chi connectivity index (χ0) is 12.2. The van der Waals surface area contributed by atoms with Crippen LogP contribution in [0.2, 0.25) is 0 Å². The monoisotopic (exact) mass is 238 g/mol. The highest BCUT2D eigenvalue weighted by atomic mass is 15.3. The maximum atomic E-state index is 6.61. The highest BCUT2D eigenvalue weighted by Crippen LogP contribution is 2.39. The summed E-state index contributed by atoms with van der Waals surface area (Å²) in [6.07, 6.45) is 4.73. The van der Waals surface area contributed by atoms with Gasteiger partial charge in [0.25, 0.3) is 0 Å². The summed E-state index contributed by atoms with van der Waals surface area (Å²) in [7, 11) is 2.27. The molecule has 2 heterocycles. The molecule has 7 unspecified atom stereocenters. The largest absolute Gasteiger partial charge is 0.328 e. The summed E-state index contributed by atoms with van der Waals surface area (Å²) in [5.74, 6) is 3.21. The highest BCUT2D eigenvalue weighted by molar-refractivity contribution is 4.98. The average Bonchev–Trinajstić information content (AvgIpc) is 2.63. The van der Waals surface area contributed by atoms with Gasteiger partial charge in [-0.15, -0.1) is 0 Å². The summed E-state index contributed by atoms with van der Waals surface area (Å²) in [6, 6.07) is 1.23. The first-order valence-corrected chi connectivity index (χ1v) is 7.38. The SMILES string of the molecule is CC1CC(C)C2[NH2+]C3C(CCN3C)C(N)C2C1. The lowest BCUT2D eigenvalue weighted by molar-refractivity contribution is -0.764. The molecule has 3 aliphatic rings. The number of hydrogen-bond acceptors (Lipinski definition) is 2. The van der Waals surface area contributed by atoms with Gasteiger partial charge in [-0.1, -0.05) is 13.8 Å². The van der Waals surface area contributed by atoms with Crippen molar-refractivity contribution in [2.45, 2.75) is 51.4 Å². The number of nitrogens with zero attached hydrogens (tertiary/aromatic N) is 1. The lowest BCUT2D eigenvalue weighted by Crippen LogP contribution is -3.04. The second kappa shape index (κ2) is 4.22. The number of hydrogen-bond donors (Lipinski definition) is 2. The molecule has 1 aliphatic carbocycles. The van der Waals surface area contributed by atoms with Crippen LogP contribution in [-0.4, -0.2) is 36.7 Å². The smallest absolute Gasteiger partial charge is 0.146 e. The van der Waals surface area contributed by atoms with Crippen LogP contribution in [0, 0.1) is 23.7 Å². The maximum Gasteiger partial charge on any atom is 0.146 e. The average molecular weight is 238 g/mol. The van der Waals surface area contributed by atoms with Crippen LogP contribution < -0.4 is 11.1 Å². The van der Waals surface area contributed by atoms with Crippen molar-refractivity contribution in [3.05, 3.63) is 0 Å². The van der Waals surface area contributed by atoms with E-state index in [0.29, 0.717) is 12.2 Å². The number of likely N-dealkylation sites (tertiary alicyclic amines) is 1. The Bertz CT molecular complexity index is 293. The zero-order valence-corrected chi connectivity index (χ0v) is 11.5. The maximum absolute atomic E-state index is 6.61. The third-order valence-electron chi connectivity index (χ3n) is 5.77. The Balaban J connectivity index is 1.83. The first kappa shape index (κ1) is 11.9. The van der Waals surface area contributed by atoms with Crippen molar-refractivity contribution in [1.82, 2.24) is 4.90 Å². The number of piperidine rings is 1. The van der Waals surface area contributed by atoms with Crippen molar-refractivity contribution >= 4 is 0 Å². The molecule has 3 nitrogen and oxygen atoms in total.